The lowest BCUT2D eigenvalue weighted by Gasteiger charge is -2.15. The van der Waals surface area contributed by atoms with Gasteiger partial charge in [0.25, 0.3) is 0 Å². The molecule has 0 saturated carbocycles. The van der Waals surface area contributed by atoms with Gasteiger partial charge in [-0.15, -0.1) is 12.4 Å². The van der Waals surface area contributed by atoms with Crippen LogP contribution in [0.25, 0.3) is 0 Å². The van der Waals surface area contributed by atoms with E-state index in [1.165, 1.54) is 0 Å². The van der Waals surface area contributed by atoms with Gasteiger partial charge in [-0.05, 0) is 38.9 Å². The highest BCUT2D eigenvalue weighted by Gasteiger charge is 2.12. The molecule has 0 aliphatic heterocycles. The van der Waals surface area contributed by atoms with Gasteiger partial charge >= 0.3 is 0 Å². The number of ether oxygens (including phenoxy) is 3. The summed E-state index contributed by atoms with van der Waals surface area (Å²) < 4.78 is 17.4. The van der Waals surface area contributed by atoms with E-state index >= 15 is 0 Å². The van der Waals surface area contributed by atoms with Crippen molar-refractivity contribution in [3.63, 3.8) is 0 Å². The molecule has 1 rings (SSSR count). The lowest BCUT2D eigenvalue weighted by atomic mass is 10.2. The molecule has 0 radical (unpaired) electrons. The zero-order chi connectivity index (χ0) is 14.8. The lowest BCUT2D eigenvalue weighted by Crippen LogP contribution is -2.17. The van der Waals surface area contributed by atoms with Gasteiger partial charge in [0, 0.05) is 29.8 Å². The fourth-order valence-electron chi connectivity index (χ4n) is 1.88. The zero-order valence-electron chi connectivity index (χ0n) is 12.9. The third kappa shape index (κ3) is 7.36. The van der Waals surface area contributed by atoms with Gasteiger partial charge in [0.15, 0.2) is 11.5 Å². The smallest absolute Gasteiger partial charge is 0.165 e. The van der Waals surface area contributed by atoms with E-state index in [9.17, 15) is 0 Å². The van der Waals surface area contributed by atoms with E-state index in [1.807, 2.05) is 19.9 Å². The molecule has 4 nitrogen and oxygen atoms in total. The van der Waals surface area contributed by atoms with Crippen molar-refractivity contribution in [1.82, 2.24) is 5.32 Å². The van der Waals surface area contributed by atoms with E-state index in [-0.39, 0.29) is 12.4 Å². The average Bonchev–Trinajstić information content (AvgIpc) is 2.45. The Hall–Kier alpha value is -0.490. The number of nitrogens with one attached hydrogen (secondary N) is 1. The van der Waals surface area contributed by atoms with E-state index < -0.39 is 0 Å². The first-order valence-electron chi connectivity index (χ1n) is 7.00. The Morgan fingerprint density at radius 2 is 1.95 bits per heavy atom. The second kappa shape index (κ2) is 12.1. The van der Waals surface area contributed by atoms with Crippen molar-refractivity contribution in [2.75, 3.05) is 33.5 Å². The molecule has 1 aromatic carbocycles. The predicted octanol–water partition coefficient (Wildman–Crippen LogP) is 3.79. The van der Waals surface area contributed by atoms with Crippen LogP contribution in [0.3, 0.4) is 0 Å². The Morgan fingerprint density at radius 3 is 2.57 bits per heavy atom. The van der Waals surface area contributed by atoms with Gasteiger partial charge in [0.05, 0.1) is 13.7 Å². The maximum Gasteiger partial charge on any atom is 0.165 e. The minimum Gasteiger partial charge on any atom is -0.493 e. The predicted molar refractivity (Wildman–Crippen MR) is 91.9 cm³/mol. The molecule has 0 aromatic heterocycles. The first-order valence-corrected chi connectivity index (χ1v) is 7.79. The maximum atomic E-state index is 5.70. The normalized spacial score (nSPS) is 10.1. The molecule has 0 heterocycles. The summed E-state index contributed by atoms with van der Waals surface area (Å²) >= 11 is 3.50. The second-order valence-corrected chi connectivity index (χ2v) is 5.17. The van der Waals surface area contributed by atoms with Gasteiger partial charge in [-0.2, -0.15) is 0 Å². The summed E-state index contributed by atoms with van der Waals surface area (Å²) in [5.41, 5.74) is 1.09. The zero-order valence-corrected chi connectivity index (χ0v) is 15.3. The van der Waals surface area contributed by atoms with Crippen LogP contribution in [0.1, 0.15) is 25.8 Å². The Morgan fingerprint density at radius 1 is 1.19 bits per heavy atom. The highest BCUT2D eigenvalue weighted by Crippen LogP contribution is 2.34. The van der Waals surface area contributed by atoms with Crippen molar-refractivity contribution >= 4 is 28.3 Å². The Kier molecular flexibility index (Phi) is 11.8. The fourth-order valence-corrected chi connectivity index (χ4v) is 2.36. The topological polar surface area (TPSA) is 39.7 Å². The SMILES string of the molecule is CCOCCCNCc1cc(Br)cc(OC)c1OCC.Cl. The molecule has 0 aliphatic carbocycles. The minimum atomic E-state index is 0. The molecule has 21 heavy (non-hydrogen) atoms. The Bertz CT molecular complexity index is 405. The number of halogens is 2. The lowest BCUT2D eigenvalue weighted by molar-refractivity contribution is 0.144. The van der Waals surface area contributed by atoms with E-state index in [4.69, 9.17) is 14.2 Å². The first-order chi connectivity index (χ1) is 9.72. The fraction of sp³-hybridized carbons (Fsp3) is 0.600. The van der Waals surface area contributed by atoms with E-state index in [2.05, 4.69) is 27.3 Å². The number of benzene rings is 1. The Balaban J connectivity index is 0.00000400. The molecule has 0 saturated heterocycles. The number of hydrogen-bond acceptors (Lipinski definition) is 4. The van der Waals surface area contributed by atoms with Crippen LogP contribution in [0.15, 0.2) is 16.6 Å². The summed E-state index contributed by atoms with van der Waals surface area (Å²) in [7, 11) is 1.66. The molecule has 1 aromatic rings. The van der Waals surface area contributed by atoms with Crippen molar-refractivity contribution in [2.24, 2.45) is 0 Å². The summed E-state index contributed by atoms with van der Waals surface area (Å²) in [6.07, 6.45) is 1.00. The molecule has 0 fully saturated rings. The molecule has 122 valence electrons. The number of hydrogen-bond donors (Lipinski definition) is 1. The largest absolute Gasteiger partial charge is 0.493 e. The van der Waals surface area contributed by atoms with Crippen LogP contribution < -0.4 is 14.8 Å². The maximum absolute atomic E-state index is 5.70. The van der Waals surface area contributed by atoms with Gasteiger partial charge in [0.2, 0.25) is 0 Å². The van der Waals surface area contributed by atoms with Crippen molar-refractivity contribution in [1.29, 1.82) is 0 Å². The van der Waals surface area contributed by atoms with Crippen LogP contribution >= 0.6 is 28.3 Å². The second-order valence-electron chi connectivity index (χ2n) is 4.26. The van der Waals surface area contributed by atoms with Crippen LogP contribution in [0.2, 0.25) is 0 Å². The summed E-state index contributed by atoms with van der Waals surface area (Å²) in [6, 6.07) is 3.98. The van der Waals surface area contributed by atoms with E-state index in [1.54, 1.807) is 7.11 Å². The molecule has 1 N–H and O–H groups in total. The van der Waals surface area contributed by atoms with Crippen molar-refractivity contribution in [3.8, 4) is 11.5 Å². The molecule has 0 aliphatic rings. The third-order valence-electron chi connectivity index (χ3n) is 2.77. The van der Waals surface area contributed by atoms with Gasteiger partial charge in [-0.3, -0.25) is 0 Å². The van der Waals surface area contributed by atoms with Crippen LogP contribution in [-0.4, -0.2) is 33.5 Å². The molecule has 0 unspecified atom stereocenters. The highest BCUT2D eigenvalue weighted by atomic mass is 79.9. The van der Waals surface area contributed by atoms with Crippen molar-refractivity contribution < 1.29 is 14.2 Å². The molecule has 0 atom stereocenters. The minimum absolute atomic E-state index is 0. The number of rotatable bonds is 10. The van der Waals surface area contributed by atoms with E-state index in [0.29, 0.717) is 6.61 Å². The molecule has 6 heteroatoms. The standard InChI is InChI=1S/C15H24BrNO3.ClH/c1-4-19-8-6-7-17-11-12-9-13(16)10-14(18-3)15(12)20-5-2;/h9-10,17H,4-8,11H2,1-3H3;1H. The average molecular weight is 383 g/mol. The summed E-state index contributed by atoms with van der Waals surface area (Å²) in [6.45, 7) is 7.84. The molecule has 0 bridgehead atoms. The van der Waals surface area contributed by atoms with Crippen molar-refractivity contribution in [2.45, 2.75) is 26.8 Å². The Labute approximate surface area is 142 Å². The van der Waals surface area contributed by atoms with Crippen LogP contribution in [0.4, 0.5) is 0 Å². The summed E-state index contributed by atoms with van der Waals surface area (Å²) in [4.78, 5) is 0. The van der Waals surface area contributed by atoms with Crippen LogP contribution in [0.5, 0.6) is 11.5 Å². The highest BCUT2D eigenvalue weighted by molar-refractivity contribution is 9.10. The van der Waals surface area contributed by atoms with Crippen LogP contribution in [0, 0.1) is 0 Å². The van der Waals surface area contributed by atoms with Crippen molar-refractivity contribution in [3.05, 3.63) is 22.2 Å². The van der Waals surface area contributed by atoms with Gasteiger partial charge in [-0.25, -0.2) is 0 Å². The van der Waals surface area contributed by atoms with Gasteiger partial charge in [0.1, 0.15) is 0 Å². The molecular formula is C15H25BrClNO3. The van der Waals surface area contributed by atoms with E-state index in [0.717, 1.165) is 54.3 Å². The third-order valence-corrected chi connectivity index (χ3v) is 3.22. The monoisotopic (exact) mass is 381 g/mol. The quantitative estimate of drug-likeness (QED) is 0.625. The molecular weight excluding hydrogens is 358 g/mol. The van der Waals surface area contributed by atoms with Gasteiger partial charge in [-0.1, -0.05) is 15.9 Å². The molecule has 0 amide bonds. The van der Waals surface area contributed by atoms with Crippen LogP contribution in [-0.2, 0) is 11.3 Å². The van der Waals surface area contributed by atoms with Gasteiger partial charge < -0.3 is 19.5 Å². The molecule has 0 spiro atoms. The number of methoxy groups -OCH3 is 1. The summed E-state index contributed by atoms with van der Waals surface area (Å²) in [5, 5.41) is 3.40. The summed E-state index contributed by atoms with van der Waals surface area (Å²) in [5.74, 6) is 1.57. The first kappa shape index (κ1) is 20.5.